The summed E-state index contributed by atoms with van der Waals surface area (Å²) in [5.74, 6) is 0. The van der Waals surface area contributed by atoms with Gasteiger partial charge in [0.15, 0.2) is 0 Å². The van der Waals surface area contributed by atoms with Crippen molar-refractivity contribution >= 4 is 29.3 Å². The van der Waals surface area contributed by atoms with Crippen LogP contribution in [0.2, 0.25) is 10.0 Å². The van der Waals surface area contributed by atoms with Crippen LogP contribution in [-0.4, -0.2) is 0 Å². The predicted octanol–water partition coefficient (Wildman–Crippen LogP) is 5.10. The minimum absolute atomic E-state index is 0.147. The molecule has 2 aromatic rings. The van der Waals surface area contributed by atoms with E-state index in [1.165, 1.54) is 0 Å². The van der Waals surface area contributed by atoms with Crippen LogP contribution in [0.4, 0.5) is 0 Å². The molecular weight excluding hydrogens is 277 g/mol. The van der Waals surface area contributed by atoms with E-state index < -0.39 is 0 Å². The maximum atomic E-state index is 6.15. The Kier molecular flexibility index (Phi) is 5.03. The Hall–Kier alpha value is -1.28. The highest BCUT2D eigenvalue weighted by Gasteiger charge is 2.10. The van der Waals surface area contributed by atoms with E-state index in [0.29, 0.717) is 10.0 Å². The molecule has 0 radical (unpaired) electrons. The summed E-state index contributed by atoms with van der Waals surface area (Å²) < 4.78 is 0. The lowest BCUT2D eigenvalue weighted by Crippen LogP contribution is -2.09. The van der Waals surface area contributed by atoms with E-state index in [0.717, 1.165) is 17.5 Å². The van der Waals surface area contributed by atoms with Crippen molar-refractivity contribution in [1.82, 2.24) is 0 Å². The second kappa shape index (κ2) is 6.76. The third kappa shape index (κ3) is 3.84. The first-order valence-electron chi connectivity index (χ1n) is 6.09. The van der Waals surface area contributed by atoms with Crippen molar-refractivity contribution < 1.29 is 0 Å². The van der Waals surface area contributed by atoms with Crippen LogP contribution in [0.15, 0.2) is 54.6 Å². The molecule has 2 aromatic carbocycles. The summed E-state index contributed by atoms with van der Waals surface area (Å²) in [4.78, 5) is 0. The van der Waals surface area contributed by atoms with Gasteiger partial charge < -0.3 is 5.73 Å². The molecule has 0 aliphatic rings. The molecule has 0 saturated carbocycles. The lowest BCUT2D eigenvalue weighted by atomic mass is 10.0. The number of nitrogens with two attached hydrogens (primary N) is 1. The van der Waals surface area contributed by atoms with Gasteiger partial charge in [0.2, 0.25) is 0 Å². The normalized spacial score (nSPS) is 12.8. The molecule has 0 unspecified atom stereocenters. The third-order valence-electron chi connectivity index (χ3n) is 2.88. The zero-order chi connectivity index (χ0) is 13.7. The molecule has 98 valence electrons. The Bertz CT molecular complexity index is 564. The van der Waals surface area contributed by atoms with Gasteiger partial charge in [-0.25, -0.2) is 0 Å². The van der Waals surface area contributed by atoms with E-state index in [4.69, 9.17) is 28.9 Å². The van der Waals surface area contributed by atoms with E-state index in [1.54, 1.807) is 6.07 Å². The van der Waals surface area contributed by atoms with Crippen LogP contribution >= 0.6 is 23.2 Å². The fourth-order valence-electron chi connectivity index (χ4n) is 1.85. The highest BCUT2D eigenvalue weighted by molar-refractivity contribution is 6.42. The molecular formula is C16H15Cl2N. The minimum atomic E-state index is -0.147. The van der Waals surface area contributed by atoms with E-state index in [1.807, 2.05) is 42.5 Å². The monoisotopic (exact) mass is 291 g/mol. The second-order valence-corrected chi connectivity index (χ2v) is 5.08. The molecule has 0 spiro atoms. The highest BCUT2D eigenvalue weighted by atomic mass is 35.5. The van der Waals surface area contributed by atoms with Crippen molar-refractivity contribution in [2.75, 3.05) is 0 Å². The number of halogens is 2. The minimum Gasteiger partial charge on any atom is -0.324 e. The quantitative estimate of drug-likeness (QED) is 0.833. The van der Waals surface area contributed by atoms with Crippen LogP contribution in [-0.2, 0) is 0 Å². The van der Waals surface area contributed by atoms with Crippen molar-refractivity contribution in [3.8, 4) is 0 Å². The van der Waals surface area contributed by atoms with E-state index in [9.17, 15) is 0 Å². The summed E-state index contributed by atoms with van der Waals surface area (Å²) >= 11 is 12.1. The van der Waals surface area contributed by atoms with Crippen LogP contribution < -0.4 is 5.73 Å². The average molecular weight is 292 g/mol. The second-order valence-electron chi connectivity index (χ2n) is 4.30. The lowest BCUT2D eigenvalue weighted by molar-refractivity contribution is 0.743. The van der Waals surface area contributed by atoms with Crippen molar-refractivity contribution in [3.05, 3.63) is 75.8 Å². The van der Waals surface area contributed by atoms with Gasteiger partial charge in [0.05, 0.1) is 10.0 Å². The zero-order valence-corrected chi connectivity index (χ0v) is 11.9. The maximum Gasteiger partial charge on any atom is 0.0640 e. The fourth-order valence-corrected chi connectivity index (χ4v) is 2.30. The molecule has 2 N–H and O–H groups in total. The Balaban J connectivity index is 2.04. The third-order valence-corrected chi connectivity index (χ3v) is 3.71. The molecule has 0 amide bonds. The summed E-state index contributed by atoms with van der Waals surface area (Å²) in [6.45, 7) is 0. The van der Waals surface area contributed by atoms with E-state index in [2.05, 4.69) is 12.2 Å². The van der Waals surface area contributed by atoms with Crippen molar-refractivity contribution in [1.29, 1.82) is 0 Å². The van der Waals surface area contributed by atoms with Gasteiger partial charge in [0.25, 0.3) is 0 Å². The van der Waals surface area contributed by atoms with E-state index >= 15 is 0 Å². The molecule has 0 aromatic heterocycles. The lowest BCUT2D eigenvalue weighted by Gasteiger charge is -2.12. The molecule has 0 aliphatic carbocycles. The first kappa shape index (κ1) is 14.1. The van der Waals surface area contributed by atoms with Crippen LogP contribution in [0.5, 0.6) is 0 Å². The molecule has 19 heavy (non-hydrogen) atoms. The van der Waals surface area contributed by atoms with Gasteiger partial charge in [-0.1, -0.05) is 77.8 Å². The Morgan fingerprint density at radius 2 is 1.74 bits per heavy atom. The van der Waals surface area contributed by atoms with Gasteiger partial charge in [-0.2, -0.15) is 0 Å². The molecule has 0 heterocycles. The van der Waals surface area contributed by atoms with Gasteiger partial charge in [0, 0.05) is 6.04 Å². The molecule has 0 saturated heterocycles. The van der Waals surface area contributed by atoms with Crippen LogP contribution in [0, 0.1) is 0 Å². The standard InChI is InChI=1S/C16H15Cl2N/c17-14-10-5-9-13(16(14)18)15(19)11-4-8-12-6-2-1-3-7-12/h1-10,15H,11,19H2/b8-4+/t15-/m1/s1. The summed E-state index contributed by atoms with van der Waals surface area (Å²) in [5, 5.41) is 1.09. The topological polar surface area (TPSA) is 26.0 Å². The van der Waals surface area contributed by atoms with Crippen molar-refractivity contribution in [2.45, 2.75) is 12.5 Å². The predicted molar refractivity (Wildman–Crippen MR) is 83.5 cm³/mol. The molecule has 0 aliphatic heterocycles. The van der Waals surface area contributed by atoms with Gasteiger partial charge in [-0.05, 0) is 23.6 Å². The van der Waals surface area contributed by atoms with Crippen LogP contribution in [0.1, 0.15) is 23.6 Å². The molecule has 1 atom stereocenters. The molecule has 0 fully saturated rings. The first-order chi connectivity index (χ1) is 9.18. The zero-order valence-electron chi connectivity index (χ0n) is 10.4. The molecule has 1 nitrogen and oxygen atoms in total. The fraction of sp³-hybridized carbons (Fsp3) is 0.125. The Labute approximate surface area is 123 Å². The molecule has 0 bridgehead atoms. The summed E-state index contributed by atoms with van der Waals surface area (Å²) in [6, 6.07) is 15.5. The maximum absolute atomic E-state index is 6.15. The molecule has 2 rings (SSSR count). The summed E-state index contributed by atoms with van der Waals surface area (Å²) in [6.07, 6.45) is 4.82. The average Bonchev–Trinajstić information content (AvgIpc) is 2.43. The Morgan fingerprint density at radius 1 is 1.00 bits per heavy atom. The summed E-state index contributed by atoms with van der Waals surface area (Å²) in [5.41, 5.74) is 8.18. The van der Waals surface area contributed by atoms with Crippen LogP contribution in [0.3, 0.4) is 0 Å². The van der Waals surface area contributed by atoms with Gasteiger partial charge in [-0.15, -0.1) is 0 Å². The van der Waals surface area contributed by atoms with Gasteiger partial charge in [0.1, 0.15) is 0 Å². The number of hydrogen-bond donors (Lipinski definition) is 1. The van der Waals surface area contributed by atoms with Gasteiger partial charge in [-0.3, -0.25) is 0 Å². The van der Waals surface area contributed by atoms with Crippen molar-refractivity contribution in [3.63, 3.8) is 0 Å². The number of hydrogen-bond acceptors (Lipinski definition) is 1. The molecule has 3 heteroatoms. The SMILES string of the molecule is N[C@H](C/C=C/c1ccccc1)c1cccc(Cl)c1Cl. The Morgan fingerprint density at radius 3 is 2.47 bits per heavy atom. The van der Waals surface area contributed by atoms with E-state index in [-0.39, 0.29) is 6.04 Å². The number of rotatable bonds is 4. The van der Waals surface area contributed by atoms with Gasteiger partial charge >= 0.3 is 0 Å². The van der Waals surface area contributed by atoms with Crippen molar-refractivity contribution in [2.24, 2.45) is 5.73 Å². The summed E-state index contributed by atoms with van der Waals surface area (Å²) in [7, 11) is 0. The van der Waals surface area contributed by atoms with Crippen LogP contribution in [0.25, 0.3) is 6.08 Å². The number of benzene rings is 2. The smallest absolute Gasteiger partial charge is 0.0640 e. The largest absolute Gasteiger partial charge is 0.324 e. The highest BCUT2D eigenvalue weighted by Crippen LogP contribution is 2.30. The first-order valence-corrected chi connectivity index (χ1v) is 6.85.